The first-order chi connectivity index (χ1) is 17.1. The smallest absolute Gasteiger partial charge is 0.339 e. The van der Waals surface area contributed by atoms with Crippen molar-refractivity contribution >= 4 is 19.4 Å². The Hall–Kier alpha value is -3.76. The molecule has 9 nitrogen and oxygen atoms in total. The second-order valence-electron chi connectivity index (χ2n) is 9.83. The van der Waals surface area contributed by atoms with Gasteiger partial charge in [-0.15, -0.1) is 0 Å². The second-order valence-corrected chi connectivity index (χ2v) is 15.4. The third-order valence-corrected chi connectivity index (χ3v) is 7.79. The standard InChI is InChI=1S/C26H30N4O5Si/c1-18-22(19-11-13-21(34-2)14-12-19)26(31)29-25(28(18)17-35-15-16-36(3,4)5)24(30(32)33)23(27-29)20-9-7-6-8-10-20/h6-14H,15-17H2,1-5H3. The summed E-state index contributed by atoms with van der Waals surface area (Å²) in [7, 11) is 0.240. The third-order valence-electron chi connectivity index (χ3n) is 6.09. The molecule has 10 heteroatoms. The van der Waals surface area contributed by atoms with Gasteiger partial charge in [-0.05, 0) is 30.7 Å². The Morgan fingerprint density at radius 1 is 1.03 bits per heavy atom. The highest BCUT2D eigenvalue weighted by Crippen LogP contribution is 2.34. The lowest BCUT2D eigenvalue weighted by molar-refractivity contribution is -0.382. The Labute approximate surface area is 210 Å². The van der Waals surface area contributed by atoms with Gasteiger partial charge in [0.05, 0.1) is 17.6 Å². The van der Waals surface area contributed by atoms with Gasteiger partial charge < -0.3 is 9.47 Å². The van der Waals surface area contributed by atoms with Gasteiger partial charge in [0.2, 0.25) is 5.65 Å². The summed E-state index contributed by atoms with van der Waals surface area (Å²) in [5, 5.41) is 16.8. The minimum Gasteiger partial charge on any atom is -0.497 e. The van der Waals surface area contributed by atoms with Crippen molar-refractivity contribution in [1.29, 1.82) is 0 Å². The maximum Gasteiger partial charge on any atom is 0.339 e. The van der Waals surface area contributed by atoms with Gasteiger partial charge in [0.25, 0.3) is 5.56 Å². The fourth-order valence-corrected chi connectivity index (χ4v) is 4.84. The highest BCUT2D eigenvalue weighted by molar-refractivity contribution is 6.76. The van der Waals surface area contributed by atoms with Crippen molar-refractivity contribution in [3.8, 4) is 28.1 Å². The first kappa shape index (κ1) is 25.3. The molecule has 188 valence electrons. The van der Waals surface area contributed by atoms with Crippen LogP contribution in [0, 0.1) is 17.0 Å². The molecule has 0 saturated heterocycles. The number of hydrogen-bond acceptors (Lipinski definition) is 6. The van der Waals surface area contributed by atoms with E-state index in [4.69, 9.17) is 9.47 Å². The van der Waals surface area contributed by atoms with Crippen LogP contribution < -0.4 is 10.3 Å². The number of rotatable bonds is 9. The first-order valence-corrected chi connectivity index (χ1v) is 15.4. The molecule has 0 bridgehead atoms. The molecule has 2 heterocycles. The second kappa shape index (κ2) is 10.1. The maximum atomic E-state index is 13.7. The molecular formula is C26H30N4O5Si. The molecule has 0 aliphatic carbocycles. The molecule has 0 spiro atoms. The van der Waals surface area contributed by atoms with Crippen molar-refractivity contribution in [2.75, 3.05) is 13.7 Å². The minimum absolute atomic E-state index is 0.0595. The van der Waals surface area contributed by atoms with Crippen molar-refractivity contribution in [3.05, 3.63) is 80.8 Å². The lowest BCUT2D eigenvalue weighted by Gasteiger charge is -2.19. The molecule has 4 rings (SSSR count). The van der Waals surface area contributed by atoms with Gasteiger partial charge in [-0.2, -0.15) is 9.61 Å². The summed E-state index contributed by atoms with van der Waals surface area (Å²) in [5.41, 5.74) is 1.76. The Morgan fingerprint density at radius 3 is 2.28 bits per heavy atom. The normalized spacial score (nSPS) is 11.7. The van der Waals surface area contributed by atoms with Crippen molar-refractivity contribution in [1.82, 2.24) is 14.2 Å². The van der Waals surface area contributed by atoms with E-state index in [1.807, 2.05) is 6.07 Å². The highest BCUT2D eigenvalue weighted by Gasteiger charge is 2.31. The van der Waals surface area contributed by atoms with E-state index >= 15 is 0 Å². The lowest BCUT2D eigenvalue weighted by Crippen LogP contribution is -2.26. The van der Waals surface area contributed by atoms with Gasteiger partial charge in [0.15, 0.2) is 5.69 Å². The average molecular weight is 507 g/mol. The Balaban J connectivity index is 1.97. The first-order valence-electron chi connectivity index (χ1n) is 11.7. The van der Waals surface area contributed by atoms with Crippen LogP contribution in [0.15, 0.2) is 59.4 Å². The van der Waals surface area contributed by atoms with Crippen LogP contribution in [0.2, 0.25) is 25.7 Å². The molecule has 2 aromatic heterocycles. The van der Waals surface area contributed by atoms with E-state index in [0.717, 1.165) is 10.6 Å². The van der Waals surface area contributed by atoms with Crippen molar-refractivity contribution in [2.24, 2.45) is 0 Å². The van der Waals surface area contributed by atoms with E-state index in [2.05, 4.69) is 24.7 Å². The SMILES string of the molecule is COc1ccc(-c2c(C)n(COCC[Si](C)(C)C)c3c([N+](=O)[O-])c(-c4ccccc4)nn3c2=O)cc1. The number of ether oxygens (including phenoxy) is 2. The topological polar surface area (TPSA) is 101 Å². The molecule has 0 atom stereocenters. The fourth-order valence-electron chi connectivity index (χ4n) is 4.08. The molecular weight excluding hydrogens is 476 g/mol. The number of hydrogen-bond donors (Lipinski definition) is 0. The van der Waals surface area contributed by atoms with Gasteiger partial charge in [-0.25, -0.2) is 0 Å². The van der Waals surface area contributed by atoms with Gasteiger partial charge in [0.1, 0.15) is 12.5 Å². The van der Waals surface area contributed by atoms with Gasteiger partial charge in [-0.3, -0.25) is 19.5 Å². The average Bonchev–Trinajstić information content (AvgIpc) is 3.25. The highest BCUT2D eigenvalue weighted by atomic mass is 28.3. The Bertz CT molecular complexity index is 1450. The Kier molecular flexibility index (Phi) is 7.09. The summed E-state index contributed by atoms with van der Waals surface area (Å²) in [6.07, 6.45) is 0. The minimum atomic E-state index is -1.33. The molecule has 0 N–H and O–H groups in total. The predicted molar refractivity (Wildman–Crippen MR) is 142 cm³/mol. The lowest BCUT2D eigenvalue weighted by atomic mass is 10.1. The summed E-state index contributed by atoms with van der Waals surface area (Å²) in [4.78, 5) is 25.6. The molecule has 2 aromatic carbocycles. The molecule has 0 aliphatic rings. The monoisotopic (exact) mass is 506 g/mol. The van der Waals surface area contributed by atoms with Crippen LogP contribution in [0.3, 0.4) is 0 Å². The number of benzene rings is 2. The number of nitro groups is 1. The van der Waals surface area contributed by atoms with Gasteiger partial charge >= 0.3 is 5.69 Å². The van der Waals surface area contributed by atoms with E-state index < -0.39 is 18.6 Å². The zero-order valence-electron chi connectivity index (χ0n) is 21.1. The maximum absolute atomic E-state index is 13.7. The Morgan fingerprint density at radius 2 is 1.69 bits per heavy atom. The number of methoxy groups -OCH3 is 1. The number of nitrogens with zero attached hydrogens (tertiary/aromatic N) is 4. The zero-order valence-corrected chi connectivity index (χ0v) is 22.1. The molecule has 0 fully saturated rings. The van der Waals surface area contributed by atoms with E-state index in [1.165, 1.54) is 0 Å². The summed E-state index contributed by atoms with van der Waals surface area (Å²) in [5.74, 6) is 0.661. The molecule has 0 aliphatic heterocycles. The fraction of sp³-hybridized carbons (Fsp3) is 0.308. The number of fused-ring (bicyclic) bond motifs is 1. The van der Waals surface area contributed by atoms with Crippen LogP contribution >= 0.6 is 0 Å². The summed E-state index contributed by atoms with van der Waals surface area (Å²) in [6, 6.07) is 16.9. The van der Waals surface area contributed by atoms with Gasteiger partial charge in [0, 0.05) is 25.9 Å². The van der Waals surface area contributed by atoms with E-state index in [9.17, 15) is 14.9 Å². The largest absolute Gasteiger partial charge is 0.497 e. The number of aromatic nitrogens is 3. The molecule has 0 radical (unpaired) electrons. The van der Waals surface area contributed by atoms with Crippen LogP contribution in [-0.4, -0.2) is 40.9 Å². The molecule has 36 heavy (non-hydrogen) atoms. The predicted octanol–water partition coefficient (Wildman–Crippen LogP) is 5.37. The quantitative estimate of drug-likeness (QED) is 0.131. The molecule has 0 unspecified atom stereocenters. The van der Waals surface area contributed by atoms with E-state index in [1.54, 1.807) is 67.1 Å². The molecule has 4 aromatic rings. The van der Waals surface area contributed by atoms with Crippen molar-refractivity contribution in [2.45, 2.75) is 39.3 Å². The molecule has 0 saturated carbocycles. The van der Waals surface area contributed by atoms with Crippen LogP contribution in [0.5, 0.6) is 5.75 Å². The van der Waals surface area contributed by atoms with Crippen molar-refractivity contribution in [3.63, 3.8) is 0 Å². The van der Waals surface area contributed by atoms with Crippen LogP contribution in [0.25, 0.3) is 28.0 Å². The van der Waals surface area contributed by atoms with Crippen LogP contribution in [0.1, 0.15) is 5.69 Å². The van der Waals surface area contributed by atoms with Gasteiger partial charge in [-0.1, -0.05) is 62.1 Å². The zero-order chi connectivity index (χ0) is 26.0. The summed E-state index contributed by atoms with van der Waals surface area (Å²) >= 11 is 0. The van der Waals surface area contributed by atoms with Crippen molar-refractivity contribution < 1.29 is 14.4 Å². The van der Waals surface area contributed by atoms with E-state index in [0.29, 0.717) is 34.7 Å². The molecule has 0 amide bonds. The van der Waals surface area contributed by atoms with Crippen LogP contribution in [-0.2, 0) is 11.5 Å². The third kappa shape index (κ3) is 4.95. The summed E-state index contributed by atoms with van der Waals surface area (Å²) in [6.45, 7) is 9.14. The van der Waals surface area contributed by atoms with Crippen LogP contribution in [0.4, 0.5) is 5.69 Å². The van der Waals surface area contributed by atoms with E-state index in [-0.39, 0.29) is 23.8 Å². The summed E-state index contributed by atoms with van der Waals surface area (Å²) < 4.78 is 14.1.